The molecule has 140 valence electrons. The van der Waals surface area contributed by atoms with E-state index in [4.69, 9.17) is 21.4 Å². The Balaban J connectivity index is 1.87. The van der Waals surface area contributed by atoms with Crippen LogP contribution >= 0.6 is 12.2 Å². The Hall–Kier alpha value is -2.93. The van der Waals surface area contributed by atoms with Crippen LogP contribution in [0.4, 0.5) is 0 Å². The minimum absolute atomic E-state index is 0.121. The summed E-state index contributed by atoms with van der Waals surface area (Å²) in [5, 5.41) is 0.515. The fraction of sp³-hybridized carbons (Fsp3) is 0.250. The molecule has 0 N–H and O–H groups in total. The molecular weight excluding hydrogens is 364 g/mol. The normalized spacial score (nSPS) is 15.7. The minimum atomic E-state index is -0.387. The van der Waals surface area contributed by atoms with Crippen LogP contribution in [0.3, 0.4) is 0 Å². The molecular formula is C20H20N2O4S. The van der Waals surface area contributed by atoms with Gasteiger partial charge in [0.25, 0.3) is 5.91 Å². The molecule has 6 nitrogen and oxygen atoms in total. The molecule has 0 radical (unpaired) electrons. The van der Waals surface area contributed by atoms with Gasteiger partial charge in [-0.15, -0.1) is 0 Å². The lowest BCUT2D eigenvalue weighted by molar-refractivity contribution is -0.122. The van der Waals surface area contributed by atoms with E-state index in [1.807, 2.05) is 19.9 Å². The van der Waals surface area contributed by atoms with Gasteiger partial charge in [-0.2, -0.15) is 0 Å². The van der Waals surface area contributed by atoms with Crippen molar-refractivity contribution in [3.8, 4) is 11.3 Å². The average molecular weight is 384 g/mol. The monoisotopic (exact) mass is 384 g/mol. The maximum atomic E-state index is 12.6. The molecule has 1 saturated heterocycles. The number of esters is 1. The van der Waals surface area contributed by atoms with E-state index in [0.717, 1.165) is 5.56 Å². The molecule has 1 amide bonds. The molecule has 0 unspecified atom stereocenters. The summed E-state index contributed by atoms with van der Waals surface area (Å²) < 4.78 is 10.6. The number of methoxy groups -OCH3 is 1. The molecule has 1 aliphatic heterocycles. The predicted octanol–water partition coefficient (Wildman–Crippen LogP) is 3.54. The zero-order chi connectivity index (χ0) is 19.6. The van der Waals surface area contributed by atoms with Crippen molar-refractivity contribution >= 4 is 35.3 Å². The Morgan fingerprint density at radius 2 is 1.78 bits per heavy atom. The number of nitrogens with zero attached hydrogens (tertiary/aromatic N) is 2. The second-order valence-corrected chi connectivity index (χ2v) is 6.24. The maximum absolute atomic E-state index is 12.6. The Labute approximate surface area is 163 Å². The van der Waals surface area contributed by atoms with E-state index in [9.17, 15) is 9.59 Å². The number of hydrogen-bond donors (Lipinski definition) is 0. The van der Waals surface area contributed by atoms with Crippen LogP contribution in [0.25, 0.3) is 17.4 Å². The lowest BCUT2D eigenvalue weighted by Gasteiger charge is -2.16. The summed E-state index contributed by atoms with van der Waals surface area (Å²) in [5.74, 6) is 0.693. The topological polar surface area (TPSA) is 63.0 Å². The van der Waals surface area contributed by atoms with Gasteiger partial charge in [-0.05, 0) is 50.3 Å². The molecule has 2 heterocycles. The van der Waals surface area contributed by atoms with Crippen LogP contribution in [0.1, 0.15) is 30.0 Å². The van der Waals surface area contributed by atoms with Gasteiger partial charge in [0, 0.05) is 24.7 Å². The van der Waals surface area contributed by atoms with Gasteiger partial charge in [0.05, 0.1) is 12.7 Å². The predicted molar refractivity (Wildman–Crippen MR) is 106 cm³/mol. The Bertz CT molecular complexity index is 914. The summed E-state index contributed by atoms with van der Waals surface area (Å²) in [6, 6.07) is 10.6. The molecule has 27 heavy (non-hydrogen) atoms. The summed E-state index contributed by atoms with van der Waals surface area (Å²) in [6.45, 7) is 4.98. The summed E-state index contributed by atoms with van der Waals surface area (Å²) in [4.78, 5) is 27.5. The van der Waals surface area contributed by atoms with Gasteiger partial charge in [-0.3, -0.25) is 9.69 Å². The van der Waals surface area contributed by atoms with Crippen molar-refractivity contribution in [1.82, 2.24) is 9.80 Å². The number of ether oxygens (including phenoxy) is 1. The molecule has 1 aromatic carbocycles. The third-order valence-corrected chi connectivity index (χ3v) is 4.79. The molecule has 7 heteroatoms. The second kappa shape index (κ2) is 7.75. The number of carbonyl (C=O) groups is 2. The van der Waals surface area contributed by atoms with Crippen molar-refractivity contribution in [2.24, 2.45) is 0 Å². The third-order valence-electron chi connectivity index (χ3n) is 4.35. The molecule has 2 aromatic rings. The number of benzene rings is 1. The van der Waals surface area contributed by atoms with E-state index in [2.05, 4.69) is 0 Å². The highest BCUT2D eigenvalue weighted by molar-refractivity contribution is 7.80. The zero-order valence-electron chi connectivity index (χ0n) is 15.4. The quantitative estimate of drug-likeness (QED) is 0.446. The van der Waals surface area contributed by atoms with E-state index in [1.54, 1.807) is 46.2 Å². The number of likely N-dealkylation sites (N-methyl/N-ethyl adjacent to an activating group) is 2. The standard InChI is InChI=1S/C20H20N2O4S/c1-4-21-16(18(23)22(5-2)20(21)27)12-15-10-11-17(26-15)13-6-8-14(9-7-13)19(24)25-3/h6-12H,4-5H2,1-3H3/b16-12+. The van der Waals surface area contributed by atoms with Crippen LogP contribution in [0.5, 0.6) is 0 Å². The van der Waals surface area contributed by atoms with Crippen LogP contribution in [0.15, 0.2) is 46.5 Å². The van der Waals surface area contributed by atoms with Gasteiger partial charge in [0.15, 0.2) is 5.11 Å². The van der Waals surface area contributed by atoms with E-state index in [0.29, 0.717) is 41.0 Å². The van der Waals surface area contributed by atoms with Crippen molar-refractivity contribution in [1.29, 1.82) is 0 Å². The van der Waals surface area contributed by atoms with Crippen LogP contribution in [0, 0.1) is 0 Å². The van der Waals surface area contributed by atoms with Crippen LogP contribution < -0.4 is 0 Å². The molecule has 1 aromatic heterocycles. The first-order chi connectivity index (χ1) is 13.0. The van der Waals surface area contributed by atoms with Gasteiger partial charge >= 0.3 is 5.97 Å². The number of amides is 1. The summed E-state index contributed by atoms with van der Waals surface area (Å²) >= 11 is 5.38. The van der Waals surface area contributed by atoms with Crippen molar-refractivity contribution < 1.29 is 18.7 Å². The Morgan fingerprint density at radius 1 is 1.11 bits per heavy atom. The molecule has 1 aliphatic rings. The SMILES string of the molecule is CCN1C(=O)/C(=C\c2ccc(-c3ccc(C(=O)OC)cc3)o2)N(CC)C1=S. The highest BCUT2D eigenvalue weighted by atomic mass is 32.1. The fourth-order valence-electron chi connectivity index (χ4n) is 2.92. The molecule has 0 bridgehead atoms. The smallest absolute Gasteiger partial charge is 0.337 e. The molecule has 0 saturated carbocycles. The van der Waals surface area contributed by atoms with E-state index in [-0.39, 0.29) is 11.9 Å². The Morgan fingerprint density at radius 3 is 2.37 bits per heavy atom. The van der Waals surface area contributed by atoms with E-state index < -0.39 is 0 Å². The van der Waals surface area contributed by atoms with Crippen LogP contribution in [-0.4, -0.2) is 47.0 Å². The largest absolute Gasteiger partial charge is 0.465 e. The number of furan rings is 1. The number of rotatable bonds is 5. The Kier molecular flexibility index (Phi) is 5.41. The maximum Gasteiger partial charge on any atom is 0.337 e. The average Bonchev–Trinajstić information content (AvgIpc) is 3.24. The number of hydrogen-bond acceptors (Lipinski definition) is 5. The summed E-state index contributed by atoms with van der Waals surface area (Å²) in [5.41, 5.74) is 1.80. The highest BCUT2D eigenvalue weighted by Crippen LogP contribution is 2.27. The molecule has 0 spiro atoms. The summed E-state index contributed by atoms with van der Waals surface area (Å²) in [7, 11) is 1.35. The first-order valence-corrected chi connectivity index (χ1v) is 9.04. The van der Waals surface area contributed by atoms with Crippen molar-refractivity contribution in [2.75, 3.05) is 20.2 Å². The molecule has 0 atom stereocenters. The molecule has 0 aliphatic carbocycles. The van der Waals surface area contributed by atoms with Crippen molar-refractivity contribution in [3.63, 3.8) is 0 Å². The minimum Gasteiger partial charge on any atom is -0.465 e. The lowest BCUT2D eigenvalue weighted by atomic mass is 10.1. The molecule has 1 fully saturated rings. The zero-order valence-corrected chi connectivity index (χ0v) is 16.2. The van der Waals surface area contributed by atoms with Gasteiger partial charge in [-0.25, -0.2) is 4.79 Å². The van der Waals surface area contributed by atoms with Crippen LogP contribution in [0.2, 0.25) is 0 Å². The van der Waals surface area contributed by atoms with Crippen molar-refractivity contribution in [2.45, 2.75) is 13.8 Å². The first kappa shape index (κ1) is 18.8. The van der Waals surface area contributed by atoms with Crippen LogP contribution in [-0.2, 0) is 9.53 Å². The second-order valence-electron chi connectivity index (χ2n) is 5.88. The van der Waals surface area contributed by atoms with Gasteiger partial charge in [-0.1, -0.05) is 12.1 Å². The van der Waals surface area contributed by atoms with Gasteiger partial charge < -0.3 is 14.1 Å². The van der Waals surface area contributed by atoms with Gasteiger partial charge in [0.1, 0.15) is 17.2 Å². The number of thiocarbonyl (C=S) groups is 1. The van der Waals surface area contributed by atoms with Gasteiger partial charge in [0.2, 0.25) is 0 Å². The first-order valence-electron chi connectivity index (χ1n) is 8.63. The third kappa shape index (κ3) is 3.50. The van der Waals surface area contributed by atoms with E-state index >= 15 is 0 Å². The summed E-state index contributed by atoms with van der Waals surface area (Å²) in [6.07, 6.45) is 1.71. The van der Waals surface area contributed by atoms with Crippen molar-refractivity contribution in [3.05, 3.63) is 53.4 Å². The lowest BCUT2D eigenvalue weighted by Crippen LogP contribution is -2.32. The number of carbonyl (C=O) groups excluding carboxylic acids is 2. The van der Waals surface area contributed by atoms with E-state index in [1.165, 1.54) is 7.11 Å². The highest BCUT2D eigenvalue weighted by Gasteiger charge is 2.36. The molecule has 3 rings (SSSR count). The fourth-order valence-corrected chi connectivity index (χ4v) is 3.36.